The summed E-state index contributed by atoms with van der Waals surface area (Å²) in [5, 5.41) is 0. The smallest absolute Gasteiger partial charge is 0.184 e. The van der Waals surface area contributed by atoms with Crippen molar-refractivity contribution in [2.24, 2.45) is 52.3 Å². The summed E-state index contributed by atoms with van der Waals surface area (Å²) in [7, 11) is -1.48. The van der Waals surface area contributed by atoms with E-state index in [0.29, 0.717) is 22.9 Å². The molecule has 0 aromatic carbocycles. The van der Waals surface area contributed by atoms with Crippen LogP contribution in [0.15, 0.2) is 11.6 Å². The Hall–Kier alpha value is -0.0831. The van der Waals surface area contributed by atoms with Crippen LogP contribution in [-0.2, 0) is 4.43 Å². The fourth-order valence-corrected chi connectivity index (χ4v) is 10.8. The van der Waals surface area contributed by atoms with Crippen molar-refractivity contribution < 1.29 is 4.43 Å². The molecule has 4 rings (SSSR count). The van der Waals surface area contributed by atoms with E-state index in [1.807, 2.05) is 5.57 Å². The van der Waals surface area contributed by atoms with E-state index in [1.54, 1.807) is 0 Å². The van der Waals surface area contributed by atoms with Crippen LogP contribution in [0.3, 0.4) is 0 Å². The molecule has 0 spiro atoms. The Morgan fingerprint density at radius 1 is 0.939 bits per heavy atom. The minimum Gasteiger partial charge on any atom is -0.414 e. The predicted molar refractivity (Wildman–Crippen MR) is 146 cm³/mol. The number of hydrogen-bond donors (Lipinski definition) is 0. The SMILES string of the molecule is CC(C)CCC[C@@H](C)[C@H]1CC[C@H]2C3=CC[C@H]4[C@H](C)[C@@H](O[Si](C)(C)C)CC[C@]4(C)[C@H]3CC[C@]12C. The van der Waals surface area contributed by atoms with E-state index in [4.69, 9.17) is 4.43 Å². The second-order valence-corrected chi connectivity index (χ2v) is 19.3. The molecular formula is C31H56OSi. The normalized spacial score (nSPS) is 44.1. The van der Waals surface area contributed by atoms with Gasteiger partial charge in [0.1, 0.15) is 0 Å². The Balaban J connectivity index is 1.50. The van der Waals surface area contributed by atoms with E-state index in [2.05, 4.69) is 67.3 Å². The van der Waals surface area contributed by atoms with E-state index in [-0.39, 0.29) is 0 Å². The van der Waals surface area contributed by atoms with Gasteiger partial charge in [0.15, 0.2) is 8.32 Å². The standard InChI is InChI=1S/C31H56OSi/c1-21(2)11-10-12-22(3)25-15-16-27-24-13-14-26-23(4)29(32-33(7,8)9)18-20-31(26,6)28(24)17-19-30(25,27)5/h13,21-23,25-29H,10-12,14-20H2,1-9H3/t22-,23+,25-,26+,27+,28+,29+,30-,31+/m1/s1. The summed E-state index contributed by atoms with van der Waals surface area (Å²) in [5.41, 5.74) is 2.99. The molecule has 4 aliphatic carbocycles. The first-order chi connectivity index (χ1) is 15.4. The Labute approximate surface area is 208 Å². The molecule has 33 heavy (non-hydrogen) atoms. The van der Waals surface area contributed by atoms with Gasteiger partial charge in [-0.15, -0.1) is 0 Å². The van der Waals surface area contributed by atoms with Crippen LogP contribution in [0.5, 0.6) is 0 Å². The summed E-state index contributed by atoms with van der Waals surface area (Å²) in [6.07, 6.45) is 17.4. The van der Waals surface area contributed by atoms with E-state index < -0.39 is 8.32 Å². The molecule has 3 fully saturated rings. The highest BCUT2D eigenvalue weighted by Crippen LogP contribution is 2.67. The summed E-state index contributed by atoms with van der Waals surface area (Å²) in [6, 6.07) is 0. The van der Waals surface area contributed by atoms with Crippen LogP contribution in [0, 0.1) is 52.3 Å². The molecule has 1 nitrogen and oxygen atoms in total. The topological polar surface area (TPSA) is 9.23 Å². The fraction of sp³-hybridized carbons (Fsp3) is 0.935. The molecule has 0 saturated heterocycles. The zero-order valence-corrected chi connectivity index (χ0v) is 24.7. The number of fused-ring (bicyclic) bond motifs is 5. The van der Waals surface area contributed by atoms with Gasteiger partial charge in [0, 0.05) is 6.10 Å². The van der Waals surface area contributed by atoms with Crippen LogP contribution in [0.25, 0.3) is 0 Å². The van der Waals surface area contributed by atoms with Gasteiger partial charge in [-0.3, -0.25) is 0 Å². The first-order valence-electron chi connectivity index (χ1n) is 14.7. The van der Waals surface area contributed by atoms with Crippen LogP contribution in [0.4, 0.5) is 0 Å². The molecule has 9 atom stereocenters. The van der Waals surface area contributed by atoms with Crippen LogP contribution in [-0.4, -0.2) is 14.4 Å². The van der Waals surface area contributed by atoms with Crippen LogP contribution >= 0.6 is 0 Å². The molecule has 0 aromatic rings. The van der Waals surface area contributed by atoms with Crippen molar-refractivity contribution in [3.8, 4) is 0 Å². The van der Waals surface area contributed by atoms with Crippen molar-refractivity contribution in [1.29, 1.82) is 0 Å². The van der Waals surface area contributed by atoms with Crippen LogP contribution in [0.1, 0.15) is 106 Å². The molecule has 0 bridgehead atoms. The van der Waals surface area contributed by atoms with Crippen molar-refractivity contribution in [2.45, 2.75) is 131 Å². The summed E-state index contributed by atoms with van der Waals surface area (Å²) >= 11 is 0. The van der Waals surface area contributed by atoms with E-state index >= 15 is 0 Å². The highest BCUT2D eigenvalue weighted by Gasteiger charge is 2.59. The largest absolute Gasteiger partial charge is 0.414 e. The van der Waals surface area contributed by atoms with Gasteiger partial charge in [-0.25, -0.2) is 0 Å². The average molecular weight is 473 g/mol. The second-order valence-electron chi connectivity index (χ2n) is 14.9. The third-order valence-electron chi connectivity index (χ3n) is 11.3. The van der Waals surface area contributed by atoms with Gasteiger partial charge in [-0.2, -0.15) is 0 Å². The molecular weight excluding hydrogens is 416 g/mol. The maximum atomic E-state index is 6.71. The van der Waals surface area contributed by atoms with Gasteiger partial charge in [-0.05, 0) is 117 Å². The molecule has 0 aliphatic heterocycles. The van der Waals surface area contributed by atoms with E-state index in [0.717, 1.165) is 35.5 Å². The van der Waals surface area contributed by atoms with Gasteiger partial charge in [0.2, 0.25) is 0 Å². The summed E-state index contributed by atoms with van der Waals surface area (Å²) in [4.78, 5) is 0. The number of rotatable bonds is 7. The van der Waals surface area contributed by atoms with Crippen molar-refractivity contribution >= 4 is 8.32 Å². The number of hydrogen-bond acceptors (Lipinski definition) is 1. The van der Waals surface area contributed by atoms with Gasteiger partial charge in [0.25, 0.3) is 0 Å². The van der Waals surface area contributed by atoms with Crippen LogP contribution < -0.4 is 0 Å². The lowest BCUT2D eigenvalue weighted by Gasteiger charge is -2.60. The summed E-state index contributed by atoms with van der Waals surface area (Å²) in [6.45, 7) is 22.4. The van der Waals surface area contributed by atoms with Crippen molar-refractivity contribution in [3.63, 3.8) is 0 Å². The first kappa shape index (κ1) is 26.0. The molecule has 0 unspecified atom stereocenters. The third kappa shape index (κ3) is 4.83. The average Bonchev–Trinajstić information content (AvgIpc) is 3.06. The monoisotopic (exact) mass is 472 g/mol. The van der Waals surface area contributed by atoms with Gasteiger partial charge in [0.05, 0.1) is 0 Å². The molecule has 2 heteroatoms. The molecule has 0 heterocycles. The zero-order valence-electron chi connectivity index (χ0n) is 23.7. The Kier molecular flexibility index (Phi) is 7.42. The lowest BCUT2D eigenvalue weighted by atomic mass is 9.46. The second kappa shape index (κ2) is 9.42. The molecule has 190 valence electrons. The first-order valence-corrected chi connectivity index (χ1v) is 18.2. The molecule has 3 saturated carbocycles. The highest BCUT2D eigenvalue weighted by atomic mass is 28.4. The maximum Gasteiger partial charge on any atom is 0.184 e. The van der Waals surface area contributed by atoms with Crippen LogP contribution in [0.2, 0.25) is 19.6 Å². The molecule has 4 aliphatic rings. The highest BCUT2D eigenvalue weighted by molar-refractivity contribution is 6.69. The molecule has 0 aromatic heterocycles. The van der Waals surface area contributed by atoms with Crippen molar-refractivity contribution in [2.75, 3.05) is 0 Å². The Morgan fingerprint density at radius 2 is 1.61 bits per heavy atom. The lowest BCUT2D eigenvalue weighted by molar-refractivity contribution is -0.0718. The summed E-state index contributed by atoms with van der Waals surface area (Å²) in [5.74, 6) is 5.95. The minimum atomic E-state index is -1.48. The quantitative estimate of drug-likeness (QED) is 0.265. The minimum absolute atomic E-state index is 0.501. The fourth-order valence-electron chi connectivity index (χ4n) is 9.58. The number of allylic oxidation sites excluding steroid dienone is 2. The van der Waals surface area contributed by atoms with E-state index in [1.165, 1.54) is 64.2 Å². The van der Waals surface area contributed by atoms with Gasteiger partial charge < -0.3 is 4.43 Å². The van der Waals surface area contributed by atoms with Gasteiger partial charge in [-0.1, -0.05) is 72.5 Å². The Bertz CT molecular complexity index is 719. The summed E-state index contributed by atoms with van der Waals surface area (Å²) < 4.78 is 6.71. The van der Waals surface area contributed by atoms with E-state index in [9.17, 15) is 0 Å². The van der Waals surface area contributed by atoms with Crippen molar-refractivity contribution in [1.82, 2.24) is 0 Å². The Morgan fingerprint density at radius 3 is 2.27 bits per heavy atom. The third-order valence-corrected chi connectivity index (χ3v) is 12.3. The molecule has 0 amide bonds. The predicted octanol–water partition coefficient (Wildman–Crippen LogP) is 9.49. The van der Waals surface area contributed by atoms with Crippen molar-refractivity contribution in [3.05, 3.63) is 11.6 Å². The molecule has 0 radical (unpaired) electrons. The molecule has 0 N–H and O–H groups in total. The lowest BCUT2D eigenvalue weighted by Crippen LogP contribution is -2.54. The van der Waals surface area contributed by atoms with Gasteiger partial charge >= 0.3 is 0 Å². The maximum absolute atomic E-state index is 6.71. The zero-order chi connectivity index (χ0) is 24.2.